The van der Waals surface area contributed by atoms with Crippen LogP contribution in [0.25, 0.3) is 11.6 Å². The van der Waals surface area contributed by atoms with Crippen molar-refractivity contribution in [1.29, 1.82) is 10.9 Å². The Morgan fingerprint density at radius 3 is 2.64 bits per heavy atom. The van der Waals surface area contributed by atoms with E-state index in [-0.39, 0.29) is 5.84 Å². The summed E-state index contributed by atoms with van der Waals surface area (Å²) in [5.74, 6) is -0.0160. The van der Waals surface area contributed by atoms with Gasteiger partial charge in [-0.25, -0.2) is 5.53 Å². The quantitative estimate of drug-likeness (QED) is 0.452. The van der Waals surface area contributed by atoms with Crippen molar-refractivity contribution in [2.75, 3.05) is 11.9 Å². The smallest absolute Gasteiger partial charge is 0.173 e. The van der Waals surface area contributed by atoms with E-state index in [1.54, 1.807) is 0 Å². The summed E-state index contributed by atoms with van der Waals surface area (Å²) in [6.45, 7) is 0.824. The third kappa shape index (κ3) is 2.96. The Bertz CT molecular complexity index is 819. The van der Waals surface area contributed by atoms with Crippen molar-refractivity contribution < 1.29 is 0 Å². The molecule has 3 rings (SSSR count). The van der Waals surface area contributed by atoms with Gasteiger partial charge in [-0.15, -0.1) is 5.11 Å². The molecule has 3 N–H and O–H groups in total. The number of nitrogens with one attached hydrogen (secondary N) is 3. The summed E-state index contributed by atoms with van der Waals surface area (Å²) in [7, 11) is 0. The van der Waals surface area contributed by atoms with Crippen molar-refractivity contribution in [3.63, 3.8) is 0 Å². The van der Waals surface area contributed by atoms with Crippen LogP contribution in [-0.2, 0) is 0 Å². The van der Waals surface area contributed by atoms with Crippen LogP contribution in [0.15, 0.2) is 53.6 Å². The van der Waals surface area contributed by atoms with E-state index in [0.29, 0.717) is 5.56 Å². The number of anilines is 1. The summed E-state index contributed by atoms with van der Waals surface area (Å²) in [4.78, 5) is 0. The van der Waals surface area contributed by atoms with Gasteiger partial charge in [0.05, 0.1) is 0 Å². The number of nitrogens with zero attached hydrogens (tertiary/aromatic N) is 1. The van der Waals surface area contributed by atoms with E-state index in [4.69, 9.17) is 10.9 Å². The van der Waals surface area contributed by atoms with E-state index in [2.05, 4.69) is 40.8 Å². The Labute approximate surface area is 129 Å². The maximum absolute atomic E-state index is 7.51. The summed E-state index contributed by atoms with van der Waals surface area (Å²) in [5.41, 5.74) is 9.96. The molecule has 0 saturated carbocycles. The van der Waals surface area contributed by atoms with Crippen LogP contribution in [0.5, 0.6) is 0 Å². The molecule has 1 aliphatic carbocycles. The topological polar surface area (TPSA) is 72.1 Å². The fourth-order valence-electron chi connectivity index (χ4n) is 2.74. The van der Waals surface area contributed by atoms with Crippen LogP contribution in [0.1, 0.15) is 18.4 Å². The third-order valence-corrected chi connectivity index (χ3v) is 3.93. The Hall–Kier alpha value is -2.75. The van der Waals surface area contributed by atoms with Crippen molar-refractivity contribution in [3.8, 4) is 0 Å². The summed E-state index contributed by atoms with van der Waals surface area (Å²) < 4.78 is 0. The summed E-state index contributed by atoms with van der Waals surface area (Å²) >= 11 is 0. The number of rotatable bonds is 4. The molecule has 0 amide bonds. The molecule has 1 aliphatic rings. The molecule has 0 bridgehead atoms. The highest BCUT2D eigenvalue weighted by atomic mass is 15.0. The van der Waals surface area contributed by atoms with Crippen molar-refractivity contribution in [2.45, 2.75) is 12.8 Å². The fraction of sp³-hybridized carbons (Fsp3) is 0.167. The second-order valence-electron chi connectivity index (χ2n) is 5.32. The van der Waals surface area contributed by atoms with E-state index in [9.17, 15) is 0 Å². The molecule has 0 aliphatic heterocycles. The molecule has 0 fully saturated rings. The molecule has 2 aromatic rings. The van der Waals surface area contributed by atoms with Gasteiger partial charge in [-0.2, -0.15) is 0 Å². The molecule has 0 saturated heterocycles. The van der Waals surface area contributed by atoms with Crippen molar-refractivity contribution in [2.24, 2.45) is 5.11 Å². The average molecular weight is 290 g/mol. The van der Waals surface area contributed by atoms with Gasteiger partial charge in [-0.3, -0.25) is 5.41 Å². The summed E-state index contributed by atoms with van der Waals surface area (Å²) in [5, 5.41) is 16.8. The van der Waals surface area contributed by atoms with Gasteiger partial charge in [-0.05, 0) is 53.1 Å². The minimum Gasteiger partial charge on any atom is -0.381 e. The van der Waals surface area contributed by atoms with Crippen molar-refractivity contribution in [1.82, 2.24) is 0 Å². The molecule has 22 heavy (non-hydrogen) atoms. The highest BCUT2D eigenvalue weighted by Gasteiger charge is 2.05. The third-order valence-electron chi connectivity index (χ3n) is 3.93. The molecule has 4 nitrogen and oxygen atoms in total. The van der Waals surface area contributed by atoms with Gasteiger partial charge in [0.15, 0.2) is 5.84 Å². The second kappa shape index (κ2) is 6.35. The molecule has 110 valence electrons. The molecule has 0 unspecified atom stereocenters. The molecule has 0 atom stereocenters. The molecule has 0 spiro atoms. The number of hydrogen-bond acceptors (Lipinski definition) is 3. The Morgan fingerprint density at radius 2 is 1.86 bits per heavy atom. The monoisotopic (exact) mass is 290 g/mol. The zero-order valence-electron chi connectivity index (χ0n) is 12.3. The van der Waals surface area contributed by atoms with Crippen LogP contribution >= 0.6 is 0 Å². The van der Waals surface area contributed by atoms with Crippen LogP contribution in [0.4, 0.5) is 5.69 Å². The average Bonchev–Trinajstić information content (AvgIpc) is 2.59. The van der Waals surface area contributed by atoms with E-state index in [1.807, 2.05) is 24.3 Å². The summed E-state index contributed by atoms with van der Waals surface area (Å²) in [6.07, 6.45) is 4.48. The first-order valence-corrected chi connectivity index (χ1v) is 7.35. The second-order valence-corrected chi connectivity index (χ2v) is 5.32. The van der Waals surface area contributed by atoms with Crippen LogP contribution in [0, 0.1) is 10.9 Å². The van der Waals surface area contributed by atoms with Gasteiger partial charge < -0.3 is 5.32 Å². The van der Waals surface area contributed by atoms with Crippen LogP contribution in [0.3, 0.4) is 0 Å². The van der Waals surface area contributed by atoms with E-state index >= 15 is 0 Å². The number of fused-ring (bicyclic) bond motifs is 1. The van der Waals surface area contributed by atoms with Crippen LogP contribution < -0.4 is 15.8 Å². The highest BCUT2D eigenvalue weighted by molar-refractivity contribution is 5.96. The minimum absolute atomic E-state index is 0.0160. The Kier molecular flexibility index (Phi) is 4.10. The van der Waals surface area contributed by atoms with Crippen LogP contribution in [-0.4, -0.2) is 12.4 Å². The maximum atomic E-state index is 7.51. The Morgan fingerprint density at radius 1 is 1.09 bits per heavy atom. The van der Waals surface area contributed by atoms with E-state index in [1.165, 1.54) is 16.0 Å². The number of amidine groups is 1. The zero-order chi connectivity index (χ0) is 15.4. The fourth-order valence-corrected chi connectivity index (χ4v) is 2.74. The normalized spacial score (nSPS) is 13.0. The van der Waals surface area contributed by atoms with Gasteiger partial charge in [0, 0.05) is 17.8 Å². The molecule has 4 heteroatoms. The molecule has 0 radical (unpaired) electrons. The molecule has 0 heterocycles. The minimum atomic E-state index is -0.0160. The molecule has 2 aromatic carbocycles. The maximum Gasteiger partial charge on any atom is 0.173 e. The van der Waals surface area contributed by atoms with Crippen molar-refractivity contribution >= 4 is 23.2 Å². The summed E-state index contributed by atoms with van der Waals surface area (Å²) in [6, 6.07) is 16.0. The van der Waals surface area contributed by atoms with Gasteiger partial charge in [-0.1, -0.05) is 30.3 Å². The number of benzene rings is 2. The first kappa shape index (κ1) is 14.2. The SMILES string of the molecule is N=NC(=N)c1ccc(NCC2=c3ccccc3=CCC2)cc1. The lowest BCUT2D eigenvalue weighted by atomic mass is 9.99. The first-order valence-electron chi connectivity index (χ1n) is 7.35. The predicted molar refractivity (Wildman–Crippen MR) is 89.7 cm³/mol. The van der Waals surface area contributed by atoms with E-state index in [0.717, 1.165) is 25.1 Å². The van der Waals surface area contributed by atoms with Crippen molar-refractivity contribution in [3.05, 3.63) is 64.5 Å². The van der Waals surface area contributed by atoms with Gasteiger partial charge in [0.25, 0.3) is 0 Å². The molecular weight excluding hydrogens is 272 g/mol. The largest absolute Gasteiger partial charge is 0.381 e. The van der Waals surface area contributed by atoms with Gasteiger partial charge in [0.2, 0.25) is 0 Å². The van der Waals surface area contributed by atoms with Crippen LogP contribution in [0.2, 0.25) is 0 Å². The predicted octanol–water partition coefficient (Wildman–Crippen LogP) is 2.88. The van der Waals surface area contributed by atoms with E-state index < -0.39 is 0 Å². The zero-order valence-corrected chi connectivity index (χ0v) is 12.3. The molecule has 0 aromatic heterocycles. The Balaban J connectivity index is 1.77. The van der Waals surface area contributed by atoms with Gasteiger partial charge >= 0.3 is 0 Å². The standard InChI is InChI=1S/C18H18N4/c19-18(22-20)14-8-10-16(11-9-14)21-12-15-6-3-5-13-4-1-2-7-17(13)15/h1-2,4-5,7-11,19-21H,3,6,12H2. The highest BCUT2D eigenvalue weighted by Crippen LogP contribution is 2.13. The van der Waals surface area contributed by atoms with Gasteiger partial charge in [0.1, 0.15) is 0 Å². The number of hydrogen-bond donors (Lipinski definition) is 3. The first-order chi connectivity index (χ1) is 10.8. The molecular formula is C18H18N4. The lowest BCUT2D eigenvalue weighted by Gasteiger charge is -2.13. The lowest BCUT2D eigenvalue weighted by Crippen LogP contribution is -2.31. The lowest BCUT2D eigenvalue weighted by molar-refractivity contribution is 1.04.